The van der Waals surface area contributed by atoms with E-state index in [2.05, 4.69) is 10.6 Å². The number of carbonyl (C=O) groups is 2. The molecule has 4 amide bonds. The fourth-order valence-corrected chi connectivity index (χ4v) is 4.12. The maximum atomic E-state index is 13.4. The van der Waals surface area contributed by atoms with E-state index in [1.165, 1.54) is 0 Å². The Labute approximate surface area is 203 Å². The van der Waals surface area contributed by atoms with E-state index in [4.69, 9.17) is 23.2 Å². The van der Waals surface area contributed by atoms with Gasteiger partial charge in [0, 0.05) is 25.3 Å². The summed E-state index contributed by atoms with van der Waals surface area (Å²) in [5.41, 5.74) is 3.81. The second-order valence-corrected chi connectivity index (χ2v) is 8.74. The fraction of sp³-hybridized carbons (Fsp3) is 0.200. The first-order chi connectivity index (χ1) is 15.9. The lowest BCUT2D eigenvalue weighted by Crippen LogP contribution is -2.49. The molecular weight excluding hydrogens is 459 g/mol. The van der Waals surface area contributed by atoms with Gasteiger partial charge in [-0.3, -0.25) is 4.90 Å². The van der Waals surface area contributed by atoms with Crippen molar-refractivity contribution in [2.45, 2.75) is 19.9 Å². The first kappa shape index (κ1) is 23.0. The highest BCUT2D eigenvalue weighted by Crippen LogP contribution is 2.31. The van der Waals surface area contributed by atoms with Crippen molar-refractivity contribution in [3.05, 3.63) is 87.9 Å². The highest BCUT2D eigenvalue weighted by atomic mass is 35.5. The average Bonchev–Trinajstić information content (AvgIpc) is 2.79. The molecule has 0 aliphatic carbocycles. The van der Waals surface area contributed by atoms with Crippen LogP contribution in [0.3, 0.4) is 0 Å². The average molecular weight is 483 g/mol. The lowest BCUT2D eigenvalue weighted by Gasteiger charge is -2.36. The van der Waals surface area contributed by atoms with E-state index in [0.29, 0.717) is 46.7 Å². The molecule has 0 radical (unpaired) electrons. The third kappa shape index (κ3) is 5.59. The molecule has 1 fully saturated rings. The van der Waals surface area contributed by atoms with Gasteiger partial charge in [0.15, 0.2) is 0 Å². The zero-order valence-electron chi connectivity index (χ0n) is 18.1. The van der Waals surface area contributed by atoms with E-state index in [-0.39, 0.29) is 12.1 Å². The van der Waals surface area contributed by atoms with Gasteiger partial charge in [-0.25, -0.2) is 9.59 Å². The number of urea groups is 2. The van der Waals surface area contributed by atoms with Crippen LogP contribution in [0.2, 0.25) is 10.0 Å². The minimum absolute atomic E-state index is 0.123. The Morgan fingerprint density at radius 1 is 0.939 bits per heavy atom. The van der Waals surface area contributed by atoms with Gasteiger partial charge >= 0.3 is 12.1 Å². The van der Waals surface area contributed by atoms with Gasteiger partial charge in [0.05, 0.1) is 21.4 Å². The minimum Gasteiger partial charge on any atom is -0.320 e. The molecule has 170 valence electrons. The number of hydrogen-bond donors (Lipinski definition) is 2. The molecule has 0 saturated carbocycles. The Morgan fingerprint density at radius 3 is 2.48 bits per heavy atom. The summed E-state index contributed by atoms with van der Waals surface area (Å²) in [6.45, 7) is 3.57. The van der Waals surface area contributed by atoms with Crippen LogP contribution in [0.15, 0.2) is 66.7 Å². The Bertz CT molecular complexity index is 1170. The van der Waals surface area contributed by atoms with E-state index in [1.807, 2.05) is 61.5 Å². The number of aryl methyl sites for hydroxylation is 1. The molecular formula is C25H24Cl2N4O2. The molecule has 3 aromatic rings. The number of rotatable bonds is 5. The van der Waals surface area contributed by atoms with Crippen LogP contribution < -0.4 is 15.5 Å². The summed E-state index contributed by atoms with van der Waals surface area (Å²) in [4.78, 5) is 29.5. The summed E-state index contributed by atoms with van der Waals surface area (Å²) in [6, 6.07) is 19.8. The molecule has 0 unspecified atom stereocenters. The number of halogens is 2. The minimum atomic E-state index is -0.370. The lowest BCUT2D eigenvalue weighted by atomic mass is 10.1. The van der Waals surface area contributed by atoms with Gasteiger partial charge in [0.2, 0.25) is 0 Å². The fourth-order valence-electron chi connectivity index (χ4n) is 3.80. The molecule has 3 aromatic carbocycles. The van der Waals surface area contributed by atoms with Crippen molar-refractivity contribution < 1.29 is 9.59 Å². The van der Waals surface area contributed by atoms with Crippen LogP contribution in [0.1, 0.15) is 17.5 Å². The van der Waals surface area contributed by atoms with Crippen molar-refractivity contribution in [1.82, 2.24) is 4.90 Å². The summed E-state index contributed by atoms with van der Waals surface area (Å²) in [5, 5.41) is 6.66. The molecule has 1 saturated heterocycles. The predicted molar refractivity (Wildman–Crippen MR) is 134 cm³/mol. The molecule has 0 aromatic heterocycles. The smallest absolute Gasteiger partial charge is 0.320 e. The van der Waals surface area contributed by atoms with Crippen LogP contribution in [-0.4, -0.2) is 30.1 Å². The molecule has 2 N–H and O–H groups in total. The first-order valence-corrected chi connectivity index (χ1v) is 11.4. The van der Waals surface area contributed by atoms with Gasteiger partial charge in [-0.15, -0.1) is 0 Å². The molecule has 33 heavy (non-hydrogen) atoms. The number of carbonyl (C=O) groups excluding carboxylic acids is 2. The number of benzene rings is 3. The molecule has 6 nitrogen and oxygen atoms in total. The van der Waals surface area contributed by atoms with Crippen molar-refractivity contribution in [2.75, 3.05) is 28.6 Å². The first-order valence-electron chi connectivity index (χ1n) is 10.6. The predicted octanol–water partition coefficient (Wildman–Crippen LogP) is 6.78. The van der Waals surface area contributed by atoms with Crippen LogP contribution in [0, 0.1) is 6.92 Å². The number of nitrogens with one attached hydrogen (secondary N) is 2. The highest BCUT2D eigenvalue weighted by Gasteiger charge is 2.28. The zero-order chi connectivity index (χ0) is 23.4. The summed E-state index contributed by atoms with van der Waals surface area (Å²) in [6.07, 6.45) is 0.802. The maximum absolute atomic E-state index is 13.4. The van der Waals surface area contributed by atoms with Crippen molar-refractivity contribution >= 4 is 52.3 Å². The second kappa shape index (κ2) is 10.1. The lowest BCUT2D eigenvalue weighted by molar-refractivity contribution is 0.192. The van der Waals surface area contributed by atoms with Gasteiger partial charge < -0.3 is 15.5 Å². The van der Waals surface area contributed by atoms with Crippen LogP contribution in [0.4, 0.5) is 26.7 Å². The van der Waals surface area contributed by atoms with Gasteiger partial charge in [-0.2, -0.15) is 0 Å². The van der Waals surface area contributed by atoms with Crippen molar-refractivity contribution in [3.63, 3.8) is 0 Å². The monoisotopic (exact) mass is 482 g/mol. The topological polar surface area (TPSA) is 64.7 Å². The number of nitrogens with zero attached hydrogens (tertiary/aromatic N) is 2. The van der Waals surface area contributed by atoms with E-state index in [1.54, 1.807) is 21.9 Å². The number of hydrogen-bond acceptors (Lipinski definition) is 2. The Kier molecular flexibility index (Phi) is 7.06. The normalized spacial score (nSPS) is 13.7. The zero-order valence-corrected chi connectivity index (χ0v) is 19.7. The van der Waals surface area contributed by atoms with Crippen LogP contribution >= 0.6 is 23.2 Å². The largest absolute Gasteiger partial charge is 0.324 e. The Morgan fingerprint density at radius 2 is 1.73 bits per heavy atom. The van der Waals surface area contributed by atoms with Crippen LogP contribution in [-0.2, 0) is 6.54 Å². The highest BCUT2D eigenvalue weighted by molar-refractivity contribution is 6.42. The molecule has 1 aliphatic rings. The molecule has 1 aliphatic heterocycles. The van der Waals surface area contributed by atoms with Crippen molar-refractivity contribution in [1.29, 1.82) is 0 Å². The summed E-state index contributed by atoms with van der Waals surface area (Å²) >= 11 is 12.2. The van der Waals surface area contributed by atoms with Crippen molar-refractivity contribution in [2.24, 2.45) is 0 Å². The number of amides is 4. The molecule has 1 heterocycles. The van der Waals surface area contributed by atoms with Crippen molar-refractivity contribution in [3.8, 4) is 0 Å². The van der Waals surface area contributed by atoms with E-state index < -0.39 is 0 Å². The standard InChI is InChI=1S/C25H24Cl2N4O2/c1-17-8-11-23(22(14-17)29-24(32)28-19-6-3-2-4-7-19)31-13-5-12-30(25(31)33)16-18-9-10-20(26)21(27)15-18/h2-4,6-11,14-15H,5,12-13,16H2,1H3,(H2,28,29,32). The quantitative estimate of drug-likeness (QED) is 0.420. The Hall–Kier alpha value is -3.22. The Balaban J connectivity index is 1.53. The van der Waals surface area contributed by atoms with E-state index >= 15 is 0 Å². The molecule has 8 heteroatoms. The van der Waals surface area contributed by atoms with E-state index in [0.717, 1.165) is 17.5 Å². The van der Waals surface area contributed by atoms with Gasteiger partial charge in [0.25, 0.3) is 0 Å². The SMILES string of the molecule is Cc1ccc(N2CCCN(Cc3ccc(Cl)c(Cl)c3)C2=O)c(NC(=O)Nc2ccccc2)c1. The van der Waals surface area contributed by atoms with Gasteiger partial charge in [0.1, 0.15) is 0 Å². The molecule has 0 atom stereocenters. The number of para-hydroxylation sites is 1. The third-order valence-electron chi connectivity index (χ3n) is 5.39. The van der Waals surface area contributed by atoms with Crippen LogP contribution in [0.5, 0.6) is 0 Å². The third-order valence-corrected chi connectivity index (χ3v) is 6.13. The second-order valence-electron chi connectivity index (χ2n) is 7.92. The van der Waals surface area contributed by atoms with Gasteiger partial charge in [-0.05, 0) is 60.9 Å². The summed E-state index contributed by atoms with van der Waals surface area (Å²) in [7, 11) is 0. The molecule has 0 bridgehead atoms. The number of anilines is 3. The van der Waals surface area contributed by atoms with E-state index in [9.17, 15) is 9.59 Å². The maximum Gasteiger partial charge on any atom is 0.324 e. The summed E-state index contributed by atoms with van der Waals surface area (Å²) < 4.78 is 0. The molecule has 4 rings (SSSR count). The summed E-state index contributed by atoms with van der Waals surface area (Å²) in [5.74, 6) is 0. The van der Waals surface area contributed by atoms with Gasteiger partial charge in [-0.1, -0.05) is 53.5 Å². The molecule has 0 spiro atoms. The van der Waals surface area contributed by atoms with Crippen LogP contribution in [0.25, 0.3) is 0 Å².